The maximum atomic E-state index is 13.0. The lowest BCUT2D eigenvalue weighted by atomic mass is 9.76. The molecule has 3 atom stereocenters. The third kappa shape index (κ3) is 8.18. The van der Waals surface area contributed by atoms with Crippen molar-refractivity contribution in [1.82, 2.24) is 10.2 Å². The summed E-state index contributed by atoms with van der Waals surface area (Å²) in [4.78, 5) is 27.0. The number of nitrogens with one attached hydrogen (secondary N) is 1. The summed E-state index contributed by atoms with van der Waals surface area (Å²) >= 11 is 0. The Labute approximate surface area is 223 Å². The number of carbonyl (C=O) groups excluding carboxylic acids is 2. The fourth-order valence-corrected chi connectivity index (χ4v) is 4.35. The summed E-state index contributed by atoms with van der Waals surface area (Å²) in [6.45, 7) is 6.67. The number of aryl methyl sites for hydroxylation is 1. The van der Waals surface area contributed by atoms with Crippen LogP contribution in [0.15, 0.2) is 54.1 Å². The molecule has 1 heterocycles. The Bertz CT molecular complexity index is 1170. The van der Waals surface area contributed by atoms with Crippen LogP contribution in [0, 0.1) is 18.3 Å². The fourth-order valence-electron chi connectivity index (χ4n) is 4.35. The molecule has 200 valence electrons. The molecule has 2 aromatic carbocycles. The Morgan fingerprint density at radius 2 is 1.87 bits per heavy atom. The van der Waals surface area contributed by atoms with Crippen LogP contribution in [0.2, 0.25) is 0 Å². The van der Waals surface area contributed by atoms with E-state index in [1.165, 1.54) is 0 Å². The van der Waals surface area contributed by atoms with Crippen molar-refractivity contribution in [3.05, 3.63) is 76.4 Å². The van der Waals surface area contributed by atoms with Crippen LogP contribution < -0.4 is 5.32 Å². The zero-order valence-electron chi connectivity index (χ0n) is 22.0. The smallest absolute Gasteiger partial charge is 0.449 e. The van der Waals surface area contributed by atoms with Crippen molar-refractivity contribution < 1.29 is 29.1 Å². The van der Waals surface area contributed by atoms with Crippen molar-refractivity contribution >= 4 is 25.2 Å². The van der Waals surface area contributed by atoms with Crippen LogP contribution in [0.3, 0.4) is 0 Å². The Hall–Kier alpha value is -3.65. The van der Waals surface area contributed by atoms with Crippen LogP contribution in [0.25, 0.3) is 6.08 Å². The van der Waals surface area contributed by atoms with E-state index >= 15 is 0 Å². The quantitative estimate of drug-likeness (QED) is 0.263. The van der Waals surface area contributed by atoms with E-state index < -0.39 is 19.2 Å². The number of hydrogen-bond acceptors (Lipinski definition) is 7. The zero-order chi connectivity index (χ0) is 27.7. The number of amides is 2. The second-order valence-corrected chi connectivity index (χ2v) is 9.60. The molecule has 2 amide bonds. The van der Waals surface area contributed by atoms with Crippen LogP contribution in [-0.2, 0) is 27.1 Å². The first-order valence-corrected chi connectivity index (χ1v) is 12.6. The average molecular weight is 519 g/mol. The summed E-state index contributed by atoms with van der Waals surface area (Å²) in [5.41, 5.74) is 3.51. The molecule has 0 saturated carbocycles. The van der Waals surface area contributed by atoms with Crippen molar-refractivity contribution in [1.29, 1.82) is 5.26 Å². The highest BCUT2D eigenvalue weighted by Gasteiger charge is 2.31. The van der Waals surface area contributed by atoms with Crippen LogP contribution in [0.1, 0.15) is 36.1 Å². The number of hydrogen-bond donors (Lipinski definition) is 3. The van der Waals surface area contributed by atoms with Crippen molar-refractivity contribution in [3.8, 4) is 6.07 Å². The molecule has 0 aromatic heterocycles. The van der Waals surface area contributed by atoms with Gasteiger partial charge in [0.2, 0.25) is 0 Å². The Morgan fingerprint density at radius 3 is 2.50 bits per heavy atom. The molecular weight excluding hydrogens is 485 g/mol. The molecule has 0 aliphatic carbocycles. The van der Waals surface area contributed by atoms with E-state index in [-0.39, 0.29) is 36.6 Å². The first-order valence-electron chi connectivity index (χ1n) is 12.6. The minimum atomic E-state index is -1.74. The molecule has 2 aromatic rings. The van der Waals surface area contributed by atoms with E-state index in [0.29, 0.717) is 25.2 Å². The third-order valence-electron chi connectivity index (χ3n) is 6.38. The number of nitrogens with zero attached hydrogens (tertiary/aromatic N) is 2. The highest BCUT2D eigenvalue weighted by molar-refractivity contribution is 6.43. The van der Waals surface area contributed by atoms with Gasteiger partial charge in [0.1, 0.15) is 11.6 Å². The first-order chi connectivity index (χ1) is 18.2. The van der Waals surface area contributed by atoms with Gasteiger partial charge >= 0.3 is 13.2 Å². The van der Waals surface area contributed by atoms with Gasteiger partial charge in [-0.2, -0.15) is 5.26 Å². The first kappa shape index (κ1) is 28.9. The summed E-state index contributed by atoms with van der Waals surface area (Å²) < 4.78 is 10.7. The Balaban J connectivity index is 1.56. The summed E-state index contributed by atoms with van der Waals surface area (Å²) in [7, 11) is -1.74. The molecule has 1 saturated heterocycles. The molecule has 1 fully saturated rings. The normalized spacial score (nSPS) is 18.3. The number of nitriles is 1. The van der Waals surface area contributed by atoms with Gasteiger partial charge < -0.3 is 29.7 Å². The minimum absolute atomic E-state index is 0.0422. The summed E-state index contributed by atoms with van der Waals surface area (Å²) in [5.74, 6) is -1.25. The topological polar surface area (TPSA) is 132 Å². The Kier molecular flexibility index (Phi) is 10.5. The van der Waals surface area contributed by atoms with Gasteiger partial charge in [0.05, 0.1) is 37.8 Å². The summed E-state index contributed by atoms with van der Waals surface area (Å²) in [5, 5.41) is 31.5. The van der Waals surface area contributed by atoms with E-state index in [4.69, 9.17) is 9.47 Å². The van der Waals surface area contributed by atoms with Gasteiger partial charge in [-0.05, 0) is 50.0 Å². The molecule has 10 heteroatoms. The van der Waals surface area contributed by atoms with Crippen molar-refractivity contribution in [2.45, 2.75) is 51.6 Å². The summed E-state index contributed by atoms with van der Waals surface area (Å²) in [6.07, 6.45) is 1.44. The predicted molar refractivity (Wildman–Crippen MR) is 144 cm³/mol. The average Bonchev–Trinajstić information content (AvgIpc) is 2.88. The standard InChI is InChI=1S/C28H34BN3O6/c1-19-7-9-23(10-8-19)15-26(29(35)36)31-28(34)38-12-11-22-5-4-6-24(13-22)14-25(16-30)27(33)32-20(2)17-37-18-21(32)3/h4-10,13-14,20-21,26,35-36H,11-12,15,17-18H2,1-3H3,(H,31,34)/t20-,21-,26?/m1/s1. The lowest BCUT2D eigenvalue weighted by Gasteiger charge is -2.38. The Morgan fingerprint density at radius 1 is 1.18 bits per heavy atom. The van der Waals surface area contributed by atoms with E-state index in [9.17, 15) is 24.9 Å². The zero-order valence-corrected chi connectivity index (χ0v) is 22.0. The molecule has 0 radical (unpaired) electrons. The molecule has 38 heavy (non-hydrogen) atoms. The monoisotopic (exact) mass is 519 g/mol. The van der Waals surface area contributed by atoms with Gasteiger partial charge in [-0.1, -0.05) is 54.1 Å². The van der Waals surface area contributed by atoms with Gasteiger partial charge in [0, 0.05) is 6.42 Å². The number of carbonyl (C=O) groups is 2. The second-order valence-electron chi connectivity index (χ2n) is 9.60. The molecular formula is C28H34BN3O6. The maximum absolute atomic E-state index is 13.0. The highest BCUT2D eigenvalue weighted by Crippen LogP contribution is 2.19. The van der Waals surface area contributed by atoms with Gasteiger partial charge in [0.15, 0.2) is 0 Å². The minimum Gasteiger partial charge on any atom is -0.449 e. The van der Waals surface area contributed by atoms with E-state index in [0.717, 1.165) is 16.7 Å². The van der Waals surface area contributed by atoms with Crippen LogP contribution in [0.5, 0.6) is 0 Å². The number of benzene rings is 2. The van der Waals surface area contributed by atoms with E-state index in [1.807, 2.05) is 63.2 Å². The molecule has 3 rings (SSSR count). The maximum Gasteiger partial charge on any atom is 0.475 e. The molecule has 1 aliphatic heterocycles. The molecule has 0 spiro atoms. The number of alkyl carbamates (subject to hydrolysis) is 1. The second kappa shape index (κ2) is 13.8. The van der Waals surface area contributed by atoms with Crippen molar-refractivity contribution in [3.63, 3.8) is 0 Å². The van der Waals surface area contributed by atoms with Gasteiger partial charge in [-0.25, -0.2) is 4.79 Å². The highest BCUT2D eigenvalue weighted by atomic mass is 16.5. The van der Waals surface area contributed by atoms with Gasteiger partial charge in [-0.15, -0.1) is 0 Å². The van der Waals surface area contributed by atoms with Gasteiger partial charge in [0.25, 0.3) is 5.91 Å². The fraction of sp³-hybridized carbons (Fsp3) is 0.393. The number of morpholine rings is 1. The van der Waals surface area contributed by atoms with Crippen LogP contribution >= 0.6 is 0 Å². The summed E-state index contributed by atoms with van der Waals surface area (Å²) in [6, 6.07) is 16.6. The van der Waals surface area contributed by atoms with Crippen LogP contribution in [0.4, 0.5) is 4.79 Å². The predicted octanol–water partition coefficient (Wildman–Crippen LogP) is 2.43. The SMILES string of the molecule is Cc1ccc(CC(NC(=O)OCCc2cccc(C=C(C#N)C(=O)N3[C@H](C)COC[C@H]3C)c2)B(O)O)cc1. The van der Waals surface area contributed by atoms with Crippen molar-refractivity contribution in [2.24, 2.45) is 0 Å². The molecule has 1 unspecified atom stereocenters. The van der Waals surface area contributed by atoms with E-state index in [2.05, 4.69) is 5.32 Å². The number of ether oxygens (including phenoxy) is 2. The lowest BCUT2D eigenvalue weighted by molar-refractivity contribution is -0.139. The van der Waals surface area contributed by atoms with Crippen LogP contribution in [-0.4, -0.2) is 71.9 Å². The molecule has 9 nitrogen and oxygen atoms in total. The van der Waals surface area contributed by atoms with E-state index in [1.54, 1.807) is 23.1 Å². The lowest BCUT2D eigenvalue weighted by Crippen LogP contribution is -2.52. The number of rotatable bonds is 9. The molecule has 3 N–H and O–H groups in total. The van der Waals surface area contributed by atoms with Crippen molar-refractivity contribution in [2.75, 3.05) is 19.8 Å². The third-order valence-corrected chi connectivity index (χ3v) is 6.38. The molecule has 0 bridgehead atoms. The van der Waals surface area contributed by atoms with Gasteiger partial charge in [-0.3, -0.25) is 4.79 Å². The molecule has 1 aliphatic rings. The largest absolute Gasteiger partial charge is 0.475 e.